The predicted octanol–water partition coefficient (Wildman–Crippen LogP) is 10.2. The van der Waals surface area contributed by atoms with Gasteiger partial charge in [0.15, 0.2) is 0 Å². The Morgan fingerprint density at radius 3 is 1.43 bits per heavy atom. The second-order valence-corrected chi connectivity index (χ2v) is 47.5. The Labute approximate surface area is 207 Å². The third-order valence-corrected chi connectivity index (χ3v) is 66.6. The van der Waals surface area contributed by atoms with Crippen LogP contribution >= 0.6 is 5.70 Å². The molecule has 0 unspecified atom stereocenters. The largest absolute Gasteiger partial charge is 0.284 e. The summed E-state index contributed by atoms with van der Waals surface area (Å²) in [7, 11) is -3.83. The summed E-state index contributed by atoms with van der Waals surface area (Å²) >= 11 is 0. The van der Waals surface area contributed by atoms with Gasteiger partial charge in [-0.25, -0.2) is 0 Å². The molecular formula is C24H50NPSi3Ti. The summed E-state index contributed by atoms with van der Waals surface area (Å²) in [6.07, 6.45) is 14.6. The fraction of sp³-hybridized carbons (Fsp3) is 0.667. The summed E-state index contributed by atoms with van der Waals surface area (Å²) in [4.78, 5) is 0. The standard InChI is InChI=1S/C14H32NPSi3.C10H18.Ti/c1-17(2,3)16(18(4,5)6,19(7,8)9)15-14-12-10-11-13-14;1-5-7-9(3)10(4)8-6-2;/h10-12H,13H2,1-9H3;7-8H,5-6H2,1-4H3;. The quantitative estimate of drug-likeness (QED) is 0.182. The van der Waals surface area contributed by atoms with Gasteiger partial charge in [0.1, 0.15) is 0 Å². The van der Waals surface area contributed by atoms with E-state index in [1.54, 1.807) is 0 Å². The molecule has 0 saturated heterocycles. The van der Waals surface area contributed by atoms with Gasteiger partial charge in [-0.3, -0.25) is 4.74 Å². The van der Waals surface area contributed by atoms with Crippen molar-refractivity contribution in [3.05, 3.63) is 47.2 Å². The molecule has 1 aliphatic carbocycles. The van der Waals surface area contributed by atoms with Gasteiger partial charge in [-0.2, -0.15) is 0 Å². The van der Waals surface area contributed by atoms with Gasteiger partial charge in [-0.1, -0.05) is 114 Å². The van der Waals surface area contributed by atoms with E-state index in [2.05, 4.69) is 117 Å². The van der Waals surface area contributed by atoms with Gasteiger partial charge >= 0.3 is 0 Å². The normalized spacial score (nSPS) is 15.8. The average Bonchev–Trinajstić information content (AvgIpc) is 3.03. The van der Waals surface area contributed by atoms with E-state index in [4.69, 9.17) is 4.74 Å². The van der Waals surface area contributed by atoms with Crippen LogP contribution in [0.1, 0.15) is 47.0 Å². The fourth-order valence-corrected chi connectivity index (χ4v) is 88.9. The zero-order valence-corrected chi connectivity index (χ0v) is 27.9. The van der Waals surface area contributed by atoms with E-state index in [9.17, 15) is 0 Å². The maximum Gasteiger partial charge on any atom is 0.0843 e. The Balaban J connectivity index is 0. The third-order valence-electron chi connectivity index (χ3n) is 5.59. The molecule has 0 amide bonds. The molecule has 1 aliphatic rings. The minimum Gasteiger partial charge on any atom is -0.284 e. The Morgan fingerprint density at radius 1 is 0.833 bits per heavy atom. The monoisotopic (exact) mass is 515 g/mol. The van der Waals surface area contributed by atoms with E-state index in [0.29, 0.717) is 0 Å². The molecule has 0 atom stereocenters. The molecular weight excluding hydrogens is 465 g/mol. The molecule has 0 heterocycles. The van der Waals surface area contributed by atoms with Crippen LogP contribution in [0.3, 0.4) is 0 Å². The first kappa shape index (κ1) is 32.7. The maximum absolute atomic E-state index is 5.62. The van der Waals surface area contributed by atoms with Gasteiger partial charge in [-0.05, 0) is 32.8 Å². The molecule has 0 aromatic rings. The van der Waals surface area contributed by atoms with Gasteiger partial charge in [0, 0.05) is 33.8 Å². The minimum atomic E-state index is -1.28. The summed E-state index contributed by atoms with van der Waals surface area (Å²) in [6, 6.07) is 0. The van der Waals surface area contributed by atoms with Crippen LogP contribution in [-0.2, 0) is 21.7 Å². The molecule has 0 N–H and O–H groups in total. The molecule has 172 valence electrons. The van der Waals surface area contributed by atoms with Crippen LogP contribution in [0.4, 0.5) is 0 Å². The van der Waals surface area contributed by atoms with E-state index in [-0.39, 0.29) is 21.7 Å². The summed E-state index contributed by atoms with van der Waals surface area (Å²) in [5.41, 5.74) is 3.05. The molecule has 0 bridgehead atoms. The van der Waals surface area contributed by atoms with Crippen molar-refractivity contribution in [3.63, 3.8) is 0 Å². The zero-order valence-electron chi connectivity index (χ0n) is 22.4. The second kappa shape index (κ2) is 13.3. The van der Waals surface area contributed by atoms with Crippen molar-refractivity contribution in [2.24, 2.45) is 4.74 Å². The van der Waals surface area contributed by atoms with Crippen LogP contribution in [0, 0.1) is 0 Å². The molecule has 0 aromatic heterocycles. The Kier molecular flexibility index (Phi) is 14.5. The molecule has 30 heavy (non-hydrogen) atoms. The van der Waals surface area contributed by atoms with E-state index in [1.165, 1.54) is 16.8 Å². The van der Waals surface area contributed by atoms with Crippen molar-refractivity contribution in [3.8, 4) is 0 Å². The molecule has 0 aromatic carbocycles. The Bertz CT molecular complexity index is 651. The van der Waals surface area contributed by atoms with Gasteiger partial charge in [0.25, 0.3) is 0 Å². The van der Waals surface area contributed by atoms with E-state index < -0.39 is 28.9 Å². The van der Waals surface area contributed by atoms with Gasteiger partial charge in [0.05, 0.1) is 23.2 Å². The minimum absolute atomic E-state index is 0. The summed E-state index contributed by atoms with van der Waals surface area (Å²) < 4.78 is 5.62. The number of nitrogens with zero attached hydrogens (tertiary/aromatic N) is 1. The molecule has 0 spiro atoms. The van der Waals surface area contributed by atoms with Crippen LogP contribution in [0.25, 0.3) is 0 Å². The summed E-state index contributed by atoms with van der Waals surface area (Å²) in [5, 5.41) is 0. The number of hydrogen-bond acceptors (Lipinski definition) is 1. The first-order valence-corrected chi connectivity index (χ1v) is 26.1. The summed E-state index contributed by atoms with van der Waals surface area (Å²) in [5.74, 6) is 0. The fourth-order valence-electron chi connectivity index (χ4n) is 5.11. The summed E-state index contributed by atoms with van der Waals surface area (Å²) in [6.45, 7) is 32.0. The van der Waals surface area contributed by atoms with Gasteiger partial charge in [0.2, 0.25) is 0 Å². The average molecular weight is 516 g/mol. The van der Waals surface area contributed by atoms with Crippen LogP contribution in [-0.4, -0.2) is 23.2 Å². The van der Waals surface area contributed by atoms with E-state index >= 15 is 0 Å². The van der Waals surface area contributed by atoms with Crippen LogP contribution < -0.4 is 0 Å². The topological polar surface area (TPSA) is 12.4 Å². The third kappa shape index (κ3) is 8.83. The molecule has 0 aliphatic heterocycles. The second-order valence-electron chi connectivity index (χ2n) is 11.1. The smallest absolute Gasteiger partial charge is 0.0843 e. The predicted molar refractivity (Wildman–Crippen MR) is 149 cm³/mol. The van der Waals surface area contributed by atoms with Crippen molar-refractivity contribution in [1.82, 2.24) is 0 Å². The Hall–Kier alpha value is 0.555. The van der Waals surface area contributed by atoms with Crippen LogP contribution in [0.5, 0.6) is 0 Å². The van der Waals surface area contributed by atoms with Crippen molar-refractivity contribution < 1.29 is 21.7 Å². The van der Waals surface area contributed by atoms with Gasteiger partial charge < -0.3 is 0 Å². The van der Waals surface area contributed by atoms with Crippen molar-refractivity contribution in [2.45, 2.75) is 106 Å². The first-order chi connectivity index (χ1) is 13.0. The number of rotatable bonds is 7. The molecule has 6 heteroatoms. The van der Waals surface area contributed by atoms with Gasteiger partial charge in [-0.15, -0.1) is 0 Å². The molecule has 1 nitrogen and oxygen atoms in total. The molecule has 0 saturated carbocycles. The number of hydrogen-bond donors (Lipinski definition) is 0. The molecule has 0 radical (unpaired) electrons. The van der Waals surface area contributed by atoms with Crippen molar-refractivity contribution >= 4 is 28.9 Å². The number of allylic oxidation sites excluding steroid dienone is 7. The van der Waals surface area contributed by atoms with Crippen molar-refractivity contribution in [2.75, 3.05) is 0 Å². The first-order valence-electron chi connectivity index (χ1n) is 11.4. The van der Waals surface area contributed by atoms with Crippen molar-refractivity contribution in [1.29, 1.82) is 0 Å². The zero-order chi connectivity index (χ0) is 23.1. The van der Waals surface area contributed by atoms with Crippen LogP contribution in [0.2, 0.25) is 58.9 Å². The molecule has 0 fully saturated rings. The van der Waals surface area contributed by atoms with E-state index in [0.717, 1.165) is 19.3 Å². The maximum atomic E-state index is 5.62. The SMILES string of the molecule is CCC=C(C)C(C)=CCC.C[Si](C)(C)P(=NC1=CC=CC1)([Si](C)(C)C)[Si](C)(C)C.[Ti]. The molecule has 1 rings (SSSR count). The van der Waals surface area contributed by atoms with Crippen LogP contribution in [0.15, 0.2) is 52.0 Å². The van der Waals surface area contributed by atoms with E-state index in [1.807, 2.05) is 0 Å². The Morgan fingerprint density at radius 2 is 1.20 bits per heavy atom.